The van der Waals surface area contributed by atoms with Crippen molar-refractivity contribution in [2.45, 2.75) is 6.61 Å². The van der Waals surface area contributed by atoms with Crippen LogP contribution in [0.1, 0.15) is 15.9 Å². The number of esters is 1. The highest BCUT2D eigenvalue weighted by Crippen LogP contribution is 2.15. The summed E-state index contributed by atoms with van der Waals surface area (Å²) in [4.78, 5) is 23.8. The Kier molecular flexibility index (Phi) is 6.36. The molecule has 0 bridgehead atoms. The number of nitrogens with one attached hydrogen (secondary N) is 1. The first-order valence-corrected chi connectivity index (χ1v) is 8.59. The van der Waals surface area contributed by atoms with Crippen LogP contribution < -0.4 is 10.1 Å². The molecule has 0 aliphatic rings. The lowest BCUT2D eigenvalue weighted by atomic mass is 10.2. The van der Waals surface area contributed by atoms with Crippen molar-refractivity contribution in [2.75, 3.05) is 11.9 Å². The van der Waals surface area contributed by atoms with E-state index in [1.807, 2.05) is 30.3 Å². The predicted molar refractivity (Wildman–Crippen MR) is 103 cm³/mol. The third kappa shape index (κ3) is 5.67. The molecule has 0 heterocycles. The van der Waals surface area contributed by atoms with Crippen LogP contribution in [-0.4, -0.2) is 18.5 Å². The van der Waals surface area contributed by atoms with Gasteiger partial charge in [-0.2, -0.15) is 0 Å². The molecule has 0 saturated heterocycles. The van der Waals surface area contributed by atoms with Gasteiger partial charge in [-0.05, 0) is 48.0 Å². The fourth-order valence-electron chi connectivity index (χ4n) is 2.41. The number of ether oxygens (including phenoxy) is 2. The van der Waals surface area contributed by atoms with Gasteiger partial charge in [0.25, 0.3) is 5.91 Å². The number of halogens is 1. The molecule has 0 unspecified atom stereocenters. The zero-order valence-electron chi connectivity index (χ0n) is 14.9. The minimum Gasteiger partial charge on any atom is -0.489 e. The van der Waals surface area contributed by atoms with Crippen LogP contribution in [0.15, 0.2) is 78.9 Å². The summed E-state index contributed by atoms with van der Waals surface area (Å²) in [5, 5.41) is 2.45. The van der Waals surface area contributed by atoms with Crippen molar-refractivity contribution < 1.29 is 23.5 Å². The molecule has 3 aromatic rings. The minimum atomic E-state index is -0.635. The fourth-order valence-corrected chi connectivity index (χ4v) is 2.41. The second-order valence-corrected chi connectivity index (χ2v) is 5.93. The van der Waals surface area contributed by atoms with E-state index >= 15 is 0 Å². The van der Waals surface area contributed by atoms with Gasteiger partial charge in [-0.15, -0.1) is 0 Å². The molecular weight excluding hydrogens is 361 g/mol. The van der Waals surface area contributed by atoms with Crippen molar-refractivity contribution in [3.8, 4) is 5.75 Å². The van der Waals surface area contributed by atoms with Gasteiger partial charge in [-0.1, -0.05) is 36.4 Å². The van der Waals surface area contributed by atoms with E-state index in [2.05, 4.69) is 5.32 Å². The summed E-state index contributed by atoms with van der Waals surface area (Å²) >= 11 is 0. The third-order valence-corrected chi connectivity index (χ3v) is 3.78. The van der Waals surface area contributed by atoms with Crippen LogP contribution in [0.25, 0.3) is 0 Å². The molecule has 0 aliphatic carbocycles. The summed E-state index contributed by atoms with van der Waals surface area (Å²) in [7, 11) is 0. The van der Waals surface area contributed by atoms with Gasteiger partial charge in [0.05, 0.1) is 5.56 Å². The summed E-state index contributed by atoms with van der Waals surface area (Å²) in [6.07, 6.45) is 0. The molecule has 0 atom stereocenters. The normalized spacial score (nSPS) is 10.2. The number of hydrogen-bond donors (Lipinski definition) is 1. The Bertz CT molecular complexity index is 942. The Morgan fingerprint density at radius 1 is 0.893 bits per heavy atom. The monoisotopic (exact) mass is 379 g/mol. The van der Waals surface area contributed by atoms with Crippen LogP contribution in [0.2, 0.25) is 0 Å². The van der Waals surface area contributed by atoms with E-state index in [0.717, 1.165) is 5.56 Å². The molecule has 1 amide bonds. The third-order valence-electron chi connectivity index (χ3n) is 3.78. The van der Waals surface area contributed by atoms with Crippen LogP contribution in [-0.2, 0) is 16.1 Å². The van der Waals surface area contributed by atoms with Crippen LogP contribution in [0.5, 0.6) is 5.75 Å². The number of carbonyl (C=O) groups is 2. The molecule has 0 fully saturated rings. The second-order valence-electron chi connectivity index (χ2n) is 5.93. The summed E-state index contributed by atoms with van der Waals surface area (Å²) in [6, 6.07) is 21.6. The van der Waals surface area contributed by atoms with Crippen molar-refractivity contribution in [1.82, 2.24) is 0 Å². The number of carbonyl (C=O) groups excluding carboxylic acids is 2. The molecule has 1 N–H and O–H groups in total. The molecule has 3 aromatic carbocycles. The smallest absolute Gasteiger partial charge is 0.338 e. The average molecular weight is 379 g/mol. The Balaban J connectivity index is 1.47. The molecule has 142 valence electrons. The fraction of sp³-hybridized carbons (Fsp3) is 0.0909. The van der Waals surface area contributed by atoms with Gasteiger partial charge in [0, 0.05) is 5.69 Å². The lowest BCUT2D eigenvalue weighted by Crippen LogP contribution is -2.20. The molecule has 0 aromatic heterocycles. The second kappa shape index (κ2) is 9.32. The molecule has 5 nitrogen and oxygen atoms in total. The van der Waals surface area contributed by atoms with Crippen LogP contribution in [0.4, 0.5) is 10.1 Å². The van der Waals surface area contributed by atoms with E-state index in [1.165, 1.54) is 24.3 Å². The molecule has 28 heavy (non-hydrogen) atoms. The van der Waals surface area contributed by atoms with Gasteiger partial charge in [0.15, 0.2) is 6.61 Å². The molecule has 0 aliphatic heterocycles. The van der Waals surface area contributed by atoms with Crippen molar-refractivity contribution in [3.63, 3.8) is 0 Å². The summed E-state index contributed by atoms with van der Waals surface area (Å²) in [5.41, 5.74) is 1.63. The number of amides is 1. The first-order chi connectivity index (χ1) is 13.6. The van der Waals surface area contributed by atoms with Gasteiger partial charge in [-0.3, -0.25) is 4.79 Å². The molecule has 0 radical (unpaired) electrons. The van der Waals surface area contributed by atoms with Gasteiger partial charge in [0.2, 0.25) is 0 Å². The summed E-state index contributed by atoms with van der Waals surface area (Å²) < 4.78 is 23.7. The molecular formula is C22H18FNO4. The highest BCUT2D eigenvalue weighted by atomic mass is 19.1. The van der Waals surface area contributed by atoms with Gasteiger partial charge >= 0.3 is 5.97 Å². The van der Waals surface area contributed by atoms with Gasteiger partial charge in [0.1, 0.15) is 18.2 Å². The molecule has 0 saturated carbocycles. The predicted octanol–water partition coefficient (Wildman–Crippen LogP) is 4.20. The van der Waals surface area contributed by atoms with Crippen molar-refractivity contribution in [2.24, 2.45) is 0 Å². The maximum atomic E-state index is 13.1. The van der Waals surface area contributed by atoms with Crippen molar-refractivity contribution in [3.05, 3.63) is 95.8 Å². The topological polar surface area (TPSA) is 64.6 Å². The largest absolute Gasteiger partial charge is 0.489 e. The highest BCUT2D eigenvalue weighted by molar-refractivity contribution is 5.95. The zero-order chi connectivity index (χ0) is 19.8. The highest BCUT2D eigenvalue weighted by Gasteiger charge is 2.11. The number of benzene rings is 3. The summed E-state index contributed by atoms with van der Waals surface area (Å²) in [6.45, 7) is -0.0491. The van der Waals surface area contributed by atoms with Crippen LogP contribution in [0.3, 0.4) is 0 Å². The van der Waals surface area contributed by atoms with E-state index in [9.17, 15) is 14.0 Å². The molecule has 3 rings (SSSR count). The quantitative estimate of drug-likeness (QED) is 0.625. The number of anilines is 1. The van der Waals surface area contributed by atoms with E-state index in [1.54, 1.807) is 24.3 Å². The lowest BCUT2D eigenvalue weighted by molar-refractivity contribution is -0.119. The van der Waals surface area contributed by atoms with Gasteiger partial charge in [-0.25, -0.2) is 9.18 Å². The molecule has 6 heteroatoms. The number of rotatable bonds is 7. The van der Waals surface area contributed by atoms with Crippen LogP contribution in [0, 0.1) is 5.82 Å². The maximum absolute atomic E-state index is 13.1. The van der Waals surface area contributed by atoms with Crippen molar-refractivity contribution in [1.29, 1.82) is 0 Å². The molecule has 0 spiro atoms. The van der Waals surface area contributed by atoms with Crippen molar-refractivity contribution >= 4 is 17.6 Å². The van der Waals surface area contributed by atoms with E-state index in [4.69, 9.17) is 9.47 Å². The average Bonchev–Trinajstić information content (AvgIpc) is 2.72. The van der Waals surface area contributed by atoms with E-state index in [0.29, 0.717) is 23.6 Å². The zero-order valence-corrected chi connectivity index (χ0v) is 14.9. The SMILES string of the molecule is O=C(COC(=O)c1ccc(OCc2ccccc2)cc1)Nc1cccc(F)c1. The van der Waals surface area contributed by atoms with E-state index in [-0.39, 0.29) is 0 Å². The number of hydrogen-bond acceptors (Lipinski definition) is 4. The maximum Gasteiger partial charge on any atom is 0.338 e. The Hall–Kier alpha value is -3.67. The van der Waals surface area contributed by atoms with Crippen LogP contribution >= 0.6 is 0 Å². The Morgan fingerprint density at radius 2 is 1.64 bits per heavy atom. The van der Waals surface area contributed by atoms with Gasteiger partial charge < -0.3 is 14.8 Å². The first-order valence-electron chi connectivity index (χ1n) is 8.59. The minimum absolute atomic E-state index is 0.293. The van der Waals surface area contributed by atoms with E-state index < -0.39 is 24.3 Å². The standard InChI is InChI=1S/C22H18FNO4/c23-18-7-4-8-19(13-18)24-21(25)15-28-22(26)17-9-11-20(12-10-17)27-14-16-5-2-1-3-6-16/h1-13H,14-15H2,(H,24,25). The Morgan fingerprint density at radius 3 is 2.36 bits per heavy atom. The lowest BCUT2D eigenvalue weighted by Gasteiger charge is -2.08. The first kappa shape index (κ1) is 19.1. The summed E-state index contributed by atoms with van der Waals surface area (Å²) in [5.74, 6) is -1.04. The Labute approximate surface area is 161 Å².